The molecule has 130 valence electrons. The van der Waals surface area contributed by atoms with Crippen LogP contribution in [0, 0.1) is 11.8 Å². The molecule has 4 N–H and O–H groups in total. The van der Waals surface area contributed by atoms with E-state index in [1.54, 1.807) is 11.3 Å². The molecule has 5 nitrogen and oxygen atoms in total. The first-order valence-electron chi connectivity index (χ1n) is 8.71. The van der Waals surface area contributed by atoms with Crippen molar-refractivity contribution in [2.24, 2.45) is 28.3 Å². The summed E-state index contributed by atoms with van der Waals surface area (Å²) in [6.07, 6.45) is 5.64. The number of fused-ring (bicyclic) bond motifs is 1. The number of hydrogen-bond donors (Lipinski definition) is 2. The van der Waals surface area contributed by atoms with E-state index in [-0.39, 0.29) is 5.91 Å². The van der Waals surface area contributed by atoms with E-state index in [1.165, 1.54) is 0 Å². The Bertz CT molecular complexity index is 658. The highest BCUT2D eigenvalue weighted by Crippen LogP contribution is 2.35. The van der Waals surface area contributed by atoms with Gasteiger partial charge in [0.1, 0.15) is 5.84 Å². The van der Waals surface area contributed by atoms with Gasteiger partial charge in [-0.2, -0.15) is 0 Å². The van der Waals surface area contributed by atoms with Crippen molar-refractivity contribution < 1.29 is 4.79 Å². The normalized spacial score (nSPS) is 22.8. The quantitative estimate of drug-likeness (QED) is 0.830. The van der Waals surface area contributed by atoms with Crippen molar-refractivity contribution in [2.45, 2.75) is 32.6 Å². The molecule has 0 aromatic carbocycles. The topological polar surface area (TPSA) is 84.7 Å². The first-order chi connectivity index (χ1) is 11.6. The Labute approximate surface area is 147 Å². The lowest BCUT2D eigenvalue weighted by Crippen LogP contribution is -2.42. The van der Waals surface area contributed by atoms with E-state index in [4.69, 9.17) is 11.5 Å². The largest absolute Gasteiger partial charge is 0.387 e. The fourth-order valence-corrected chi connectivity index (χ4v) is 4.31. The summed E-state index contributed by atoms with van der Waals surface area (Å²) in [5, 5.41) is 1.98. The summed E-state index contributed by atoms with van der Waals surface area (Å²) in [5.74, 6) is 1.84. The molecule has 0 saturated heterocycles. The molecule has 6 heteroatoms. The molecule has 1 aromatic rings. The molecule has 1 aromatic heterocycles. The van der Waals surface area contributed by atoms with Gasteiger partial charge in [0.2, 0.25) is 5.91 Å². The maximum Gasteiger partial charge on any atom is 0.250 e. The molecule has 2 aliphatic rings. The number of rotatable bonds is 6. The SMILES string of the molecule is CCCN(C[C@H]1C[C@H](CN)C1)C(=O)C1=Cc2sccc2N=C(N)C1. The molecule has 24 heavy (non-hydrogen) atoms. The Balaban J connectivity index is 1.74. The number of nitrogens with two attached hydrogens (primary N) is 2. The highest BCUT2D eigenvalue weighted by Gasteiger charge is 2.31. The molecule has 3 rings (SSSR count). The molecule has 0 atom stereocenters. The predicted octanol–water partition coefficient (Wildman–Crippen LogP) is 2.75. The number of carbonyl (C=O) groups excluding carboxylic acids is 1. The molecule has 1 amide bonds. The van der Waals surface area contributed by atoms with Crippen LogP contribution in [0.2, 0.25) is 0 Å². The van der Waals surface area contributed by atoms with Crippen LogP contribution in [0.4, 0.5) is 5.69 Å². The molecule has 1 aliphatic carbocycles. The van der Waals surface area contributed by atoms with Gasteiger partial charge in [0.15, 0.2) is 0 Å². The molecule has 1 fully saturated rings. The van der Waals surface area contributed by atoms with Crippen LogP contribution < -0.4 is 11.5 Å². The first kappa shape index (κ1) is 17.2. The average molecular weight is 347 g/mol. The number of aliphatic imine (C=N–C) groups is 1. The van der Waals surface area contributed by atoms with E-state index in [1.807, 2.05) is 22.4 Å². The minimum Gasteiger partial charge on any atom is -0.387 e. The molecule has 0 unspecified atom stereocenters. The van der Waals surface area contributed by atoms with Gasteiger partial charge in [-0.25, -0.2) is 4.99 Å². The lowest BCUT2D eigenvalue weighted by molar-refractivity contribution is -0.128. The molecule has 0 bridgehead atoms. The average Bonchev–Trinajstić information content (AvgIpc) is 2.88. The Morgan fingerprint density at radius 1 is 1.42 bits per heavy atom. The van der Waals surface area contributed by atoms with Crippen molar-refractivity contribution in [1.29, 1.82) is 0 Å². The Hall–Kier alpha value is -1.66. The predicted molar refractivity (Wildman–Crippen MR) is 100 cm³/mol. The fourth-order valence-electron chi connectivity index (χ4n) is 3.53. The second-order valence-corrected chi connectivity index (χ2v) is 7.76. The number of amides is 1. The standard InChI is InChI=1S/C18H26N4OS/c1-2-4-22(11-13-6-12(7-13)10-19)18(23)14-8-16-15(3-5-24-16)21-17(20)9-14/h3,5,8,12-13H,2,4,6-7,9-11,19H2,1H3,(H2,20,21)/t12-,13-. The third kappa shape index (κ3) is 3.70. The zero-order valence-electron chi connectivity index (χ0n) is 14.2. The second-order valence-electron chi connectivity index (χ2n) is 6.81. The van der Waals surface area contributed by atoms with Crippen LogP contribution in [0.3, 0.4) is 0 Å². The van der Waals surface area contributed by atoms with E-state index in [0.29, 0.717) is 24.1 Å². The maximum atomic E-state index is 13.1. The Morgan fingerprint density at radius 3 is 2.92 bits per heavy atom. The highest BCUT2D eigenvalue weighted by molar-refractivity contribution is 7.11. The van der Waals surface area contributed by atoms with E-state index in [0.717, 1.165) is 55.0 Å². The van der Waals surface area contributed by atoms with E-state index in [2.05, 4.69) is 11.9 Å². The summed E-state index contributed by atoms with van der Waals surface area (Å²) in [4.78, 5) is 20.5. The van der Waals surface area contributed by atoms with Crippen LogP contribution >= 0.6 is 11.3 Å². The number of thiophene rings is 1. The zero-order chi connectivity index (χ0) is 17.1. The summed E-state index contributed by atoms with van der Waals surface area (Å²) in [6, 6.07) is 1.95. The van der Waals surface area contributed by atoms with Gasteiger partial charge in [-0.1, -0.05) is 6.92 Å². The summed E-state index contributed by atoms with van der Waals surface area (Å²) in [5.41, 5.74) is 13.3. The molecule has 2 heterocycles. The number of nitrogens with zero attached hydrogens (tertiary/aromatic N) is 2. The van der Waals surface area contributed by atoms with Gasteiger partial charge < -0.3 is 16.4 Å². The van der Waals surface area contributed by atoms with Crippen molar-refractivity contribution in [2.75, 3.05) is 19.6 Å². The van der Waals surface area contributed by atoms with Crippen LogP contribution in [0.1, 0.15) is 37.5 Å². The van der Waals surface area contributed by atoms with Gasteiger partial charge in [-0.3, -0.25) is 4.79 Å². The number of hydrogen-bond acceptors (Lipinski definition) is 5. The number of amidine groups is 1. The number of carbonyl (C=O) groups is 1. The molecule has 0 radical (unpaired) electrons. The van der Waals surface area contributed by atoms with Crippen LogP contribution in [0.5, 0.6) is 0 Å². The van der Waals surface area contributed by atoms with Crippen molar-refractivity contribution in [3.63, 3.8) is 0 Å². The van der Waals surface area contributed by atoms with E-state index >= 15 is 0 Å². The smallest absolute Gasteiger partial charge is 0.250 e. The van der Waals surface area contributed by atoms with Crippen molar-refractivity contribution in [1.82, 2.24) is 4.90 Å². The summed E-state index contributed by atoms with van der Waals surface area (Å²) in [6.45, 7) is 4.49. The van der Waals surface area contributed by atoms with Crippen LogP contribution in [-0.2, 0) is 4.79 Å². The first-order valence-corrected chi connectivity index (χ1v) is 9.59. The van der Waals surface area contributed by atoms with Crippen LogP contribution in [-0.4, -0.2) is 36.3 Å². The van der Waals surface area contributed by atoms with Crippen LogP contribution in [0.25, 0.3) is 6.08 Å². The van der Waals surface area contributed by atoms with Gasteiger partial charge >= 0.3 is 0 Å². The molecular weight excluding hydrogens is 320 g/mol. The lowest BCUT2D eigenvalue weighted by atomic mass is 9.74. The summed E-state index contributed by atoms with van der Waals surface area (Å²) in [7, 11) is 0. The minimum absolute atomic E-state index is 0.104. The highest BCUT2D eigenvalue weighted by atomic mass is 32.1. The molecule has 0 spiro atoms. The van der Waals surface area contributed by atoms with Crippen molar-refractivity contribution >= 4 is 34.8 Å². The minimum atomic E-state index is 0.104. The van der Waals surface area contributed by atoms with E-state index in [9.17, 15) is 4.79 Å². The molecule has 1 aliphatic heterocycles. The van der Waals surface area contributed by atoms with Crippen molar-refractivity contribution in [3.8, 4) is 0 Å². The Kier molecular flexibility index (Phi) is 5.36. The van der Waals surface area contributed by atoms with E-state index < -0.39 is 0 Å². The zero-order valence-corrected chi connectivity index (χ0v) is 15.0. The third-order valence-corrected chi connectivity index (χ3v) is 5.67. The lowest BCUT2D eigenvalue weighted by Gasteiger charge is -2.38. The second kappa shape index (κ2) is 7.49. The van der Waals surface area contributed by atoms with Gasteiger partial charge in [-0.05, 0) is 55.2 Å². The van der Waals surface area contributed by atoms with Gasteiger partial charge in [-0.15, -0.1) is 11.3 Å². The van der Waals surface area contributed by atoms with Crippen molar-refractivity contribution in [3.05, 3.63) is 21.9 Å². The fraction of sp³-hybridized carbons (Fsp3) is 0.556. The van der Waals surface area contributed by atoms with Gasteiger partial charge in [0.25, 0.3) is 0 Å². The monoisotopic (exact) mass is 346 g/mol. The van der Waals surface area contributed by atoms with Crippen LogP contribution in [0.15, 0.2) is 22.0 Å². The summed E-state index contributed by atoms with van der Waals surface area (Å²) >= 11 is 1.60. The van der Waals surface area contributed by atoms with Gasteiger partial charge in [0, 0.05) is 25.1 Å². The molecular formula is C18H26N4OS. The third-order valence-electron chi connectivity index (χ3n) is 4.82. The maximum absolute atomic E-state index is 13.1. The van der Waals surface area contributed by atoms with Gasteiger partial charge in [0.05, 0.1) is 10.6 Å². The summed E-state index contributed by atoms with van der Waals surface area (Å²) < 4.78 is 0. The Morgan fingerprint density at radius 2 is 2.21 bits per heavy atom. The molecule has 1 saturated carbocycles.